The molecule has 3 nitrogen and oxygen atoms in total. The van der Waals surface area contributed by atoms with Gasteiger partial charge in [-0.25, -0.2) is 4.39 Å². The first-order chi connectivity index (χ1) is 9.62. The van der Waals surface area contributed by atoms with Gasteiger partial charge in [-0.1, -0.05) is 31.9 Å². The van der Waals surface area contributed by atoms with Gasteiger partial charge in [0, 0.05) is 12.6 Å². The SMILES string of the molecule is CCCCC(CN)NC(=O)C1(c2ccc(F)cc2)CC1.Cl. The van der Waals surface area contributed by atoms with E-state index in [0.29, 0.717) is 6.54 Å². The largest absolute Gasteiger partial charge is 0.351 e. The fourth-order valence-corrected chi connectivity index (χ4v) is 2.56. The third-order valence-corrected chi connectivity index (χ3v) is 4.11. The lowest BCUT2D eigenvalue weighted by atomic mass is 9.94. The molecule has 0 aliphatic heterocycles. The molecule has 2 rings (SSSR count). The summed E-state index contributed by atoms with van der Waals surface area (Å²) in [6.07, 6.45) is 4.73. The van der Waals surface area contributed by atoms with Crippen LogP contribution in [-0.2, 0) is 10.2 Å². The number of hydrogen-bond acceptors (Lipinski definition) is 2. The molecule has 3 N–H and O–H groups in total. The Morgan fingerprint density at radius 2 is 2.00 bits per heavy atom. The van der Waals surface area contributed by atoms with E-state index in [1.54, 1.807) is 12.1 Å². The number of nitrogens with one attached hydrogen (secondary N) is 1. The number of carbonyl (C=O) groups is 1. The molecule has 5 heteroatoms. The summed E-state index contributed by atoms with van der Waals surface area (Å²) in [4.78, 5) is 12.5. The minimum absolute atomic E-state index is 0. The molecule has 0 radical (unpaired) electrons. The van der Waals surface area contributed by atoms with E-state index in [1.807, 2.05) is 0 Å². The molecule has 0 aromatic heterocycles. The first-order valence-electron chi connectivity index (χ1n) is 7.39. The topological polar surface area (TPSA) is 55.1 Å². The second kappa shape index (κ2) is 7.76. The Labute approximate surface area is 131 Å². The Kier molecular flexibility index (Phi) is 6.62. The molecule has 1 saturated carbocycles. The second-order valence-corrected chi connectivity index (χ2v) is 5.64. The number of nitrogens with two attached hydrogens (primary N) is 1. The molecule has 1 amide bonds. The fraction of sp³-hybridized carbons (Fsp3) is 0.562. The van der Waals surface area contributed by atoms with Gasteiger partial charge in [0.15, 0.2) is 0 Å². The molecule has 0 heterocycles. The van der Waals surface area contributed by atoms with Crippen LogP contribution in [0.2, 0.25) is 0 Å². The Hall–Kier alpha value is -1.13. The van der Waals surface area contributed by atoms with Crippen molar-refractivity contribution in [1.82, 2.24) is 5.32 Å². The lowest BCUT2D eigenvalue weighted by Gasteiger charge is -2.21. The summed E-state index contributed by atoms with van der Waals surface area (Å²) in [6, 6.07) is 6.30. The van der Waals surface area contributed by atoms with E-state index in [0.717, 1.165) is 37.7 Å². The molecule has 0 saturated heterocycles. The van der Waals surface area contributed by atoms with E-state index in [4.69, 9.17) is 5.73 Å². The third kappa shape index (κ3) is 4.17. The van der Waals surface area contributed by atoms with Crippen LogP contribution < -0.4 is 11.1 Å². The highest BCUT2D eigenvalue weighted by Gasteiger charge is 2.51. The first-order valence-corrected chi connectivity index (χ1v) is 7.39. The van der Waals surface area contributed by atoms with Gasteiger partial charge in [-0.05, 0) is 37.0 Å². The lowest BCUT2D eigenvalue weighted by Crippen LogP contribution is -2.45. The molecule has 1 aliphatic rings. The number of amides is 1. The second-order valence-electron chi connectivity index (χ2n) is 5.64. The molecule has 1 atom stereocenters. The number of benzene rings is 1. The highest BCUT2D eigenvalue weighted by Crippen LogP contribution is 2.48. The van der Waals surface area contributed by atoms with Gasteiger partial charge in [-0.15, -0.1) is 12.4 Å². The molecule has 0 bridgehead atoms. The van der Waals surface area contributed by atoms with Gasteiger partial charge < -0.3 is 11.1 Å². The summed E-state index contributed by atoms with van der Waals surface area (Å²) in [6.45, 7) is 2.58. The normalized spacial score (nSPS) is 16.7. The number of hydrogen-bond donors (Lipinski definition) is 2. The van der Waals surface area contributed by atoms with Gasteiger partial charge in [0.05, 0.1) is 5.41 Å². The van der Waals surface area contributed by atoms with Crippen LogP contribution in [0.5, 0.6) is 0 Å². The Bertz CT molecular complexity index is 460. The number of carbonyl (C=O) groups excluding carboxylic acids is 1. The maximum Gasteiger partial charge on any atom is 0.230 e. The van der Waals surface area contributed by atoms with Crippen LogP contribution in [0.4, 0.5) is 4.39 Å². The van der Waals surface area contributed by atoms with Gasteiger partial charge >= 0.3 is 0 Å². The van der Waals surface area contributed by atoms with Gasteiger partial charge in [0.2, 0.25) is 5.91 Å². The molecule has 1 aromatic rings. The maximum atomic E-state index is 13.0. The highest BCUT2D eigenvalue weighted by atomic mass is 35.5. The van der Waals surface area contributed by atoms with Crippen LogP contribution in [-0.4, -0.2) is 18.5 Å². The molecular weight excluding hydrogens is 291 g/mol. The van der Waals surface area contributed by atoms with Crippen LogP contribution >= 0.6 is 12.4 Å². The Morgan fingerprint density at radius 1 is 1.38 bits per heavy atom. The van der Waals surface area contributed by atoms with Crippen LogP contribution in [0, 0.1) is 5.82 Å². The number of halogens is 2. The smallest absolute Gasteiger partial charge is 0.230 e. The van der Waals surface area contributed by atoms with Crippen molar-refractivity contribution in [2.75, 3.05) is 6.54 Å². The van der Waals surface area contributed by atoms with Crippen molar-refractivity contribution in [3.05, 3.63) is 35.6 Å². The molecule has 1 aromatic carbocycles. The van der Waals surface area contributed by atoms with Crippen molar-refractivity contribution in [2.24, 2.45) is 5.73 Å². The Morgan fingerprint density at radius 3 is 2.48 bits per heavy atom. The predicted molar refractivity (Wildman–Crippen MR) is 85.1 cm³/mol. The van der Waals surface area contributed by atoms with E-state index < -0.39 is 5.41 Å². The van der Waals surface area contributed by atoms with Crippen molar-refractivity contribution < 1.29 is 9.18 Å². The lowest BCUT2D eigenvalue weighted by molar-refractivity contribution is -0.124. The number of unbranched alkanes of at least 4 members (excludes halogenated alkanes) is 1. The third-order valence-electron chi connectivity index (χ3n) is 4.11. The highest BCUT2D eigenvalue weighted by molar-refractivity contribution is 5.91. The standard InChI is InChI=1S/C16H23FN2O.ClH/c1-2-3-4-14(11-18)19-15(20)16(9-10-16)12-5-7-13(17)8-6-12;/h5-8,14H,2-4,9-11,18H2,1H3,(H,19,20);1H. The van der Waals surface area contributed by atoms with Crippen molar-refractivity contribution >= 4 is 18.3 Å². The van der Waals surface area contributed by atoms with E-state index in [2.05, 4.69) is 12.2 Å². The van der Waals surface area contributed by atoms with Crippen molar-refractivity contribution in [3.8, 4) is 0 Å². The molecule has 118 valence electrons. The molecule has 0 spiro atoms. The molecule has 1 unspecified atom stereocenters. The summed E-state index contributed by atoms with van der Waals surface area (Å²) in [5.74, 6) is -0.233. The number of rotatable bonds is 7. The van der Waals surface area contributed by atoms with Crippen molar-refractivity contribution in [3.63, 3.8) is 0 Å². The first kappa shape index (κ1) is 17.9. The van der Waals surface area contributed by atoms with Gasteiger partial charge in [-0.2, -0.15) is 0 Å². The van der Waals surface area contributed by atoms with Gasteiger partial charge in [-0.3, -0.25) is 4.79 Å². The zero-order valence-electron chi connectivity index (χ0n) is 12.4. The summed E-state index contributed by atoms with van der Waals surface area (Å²) in [7, 11) is 0. The van der Waals surface area contributed by atoms with Crippen LogP contribution in [0.1, 0.15) is 44.6 Å². The fourth-order valence-electron chi connectivity index (χ4n) is 2.56. The van der Waals surface area contributed by atoms with E-state index in [9.17, 15) is 9.18 Å². The van der Waals surface area contributed by atoms with Gasteiger partial charge in [0.1, 0.15) is 5.82 Å². The van der Waals surface area contributed by atoms with Crippen molar-refractivity contribution in [1.29, 1.82) is 0 Å². The minimum atomic E-state index is -0.451. The quantitative estimate of drug-likeness (QED) is 0.813. The summed E-state index contributed by atoms with van der Waals surface area (Å²) >= 11 is 0. The minimum Gasteiger partial charge on any atom is -0.351 e. The van der Waals surface area contributed by atoms with Crippen LogP contribution in [0.15, 0.2) is 24.3 Å². The zero-order chi connectivity index (χ0) is 14.6. The average Bonchev–Trinajstić information content (AvgIpc) is 3.25. The molecule has 21 heavy (non-hydrogen) atoms. The summed E-state index contributed by atoms with van der Waals surface area (Å²) in [5.41, 5.74) is 6.17. The van der Waals surface area contributed by atoms with Gasteiger partial charge in [0.25, 0.3) is 0 Å². The predicted octanol–water partition coefficient (Wildman–Crippen LogP) is 2.91. The maximum absolute atomic E-state index is 13.0. The van der Waals surface area contributed by atoms with E-state index in [-0.39, 0.29) is 30.2 Å². The van der Waals surface area contributed by atoms with Crippen molar-refractivity contribution in [2.45, 2.75) is 50.5 Å². The molecule has 1 fully saturated rings. The monoisotopic (exact) mass is 314 g/mol. The summed E-state index contributed by atoms with van der Waals surface area (Å²) in [5, 5.41) is 3.06. The average molecular weight is 315 g/mol. The molecule has 1 aliphatic carbocycles. The summed E-state index contributed by atoms with van der Waals surface area (Å²) < 4.78 is 13.0. The van der Waals surface area contributed by atoms with Crippen LogP contribution in [0.3, 0.4) is 0 Å². The van der Waals surface area contributed by atoms with Crippen LogP contribution in [0.25, 0.3) is 0 Å². The van der Waals surface area contributed by atoms with E-state index in [1.165, 1.54) is 12.1 Å². The molecular formula is C16H24ClFN2O. The Balaban J connectivity index is 0.00000220. The zero-order valence-corrected chi connectivity index (χ0v) is 13.2. The van der Waals surface area contributed by atoms with E-state index >= 15 is 0 Å².